The van der Waals surface area contributed by atoms with E-state index < -0.39 is 0 Å². The molecule has 0 radical (unpaired) electrons. The maximum absolute atomic E-state index is 13.2. The molecule has 6 heteroatoms. The van der Waals surface area contributed by atoms with Crippen LogP contribution >= 0.6 is 0 Å². The summed E-state index contributed by atoms with van der Waals surface area (Å²) < 4.78 is 5.88. The predicted molar refractivity (Wildman–Crippen MR) is 145 cm³/mol. The first-order valence-corrected chi connectivity index (χ1v) is 13.2. The number of likely N-dealkylation sites (tertiary alicyclic amines) is 1. The minimum absolute atomic E-state index is 0.00243. The van der Waals surface area contributed by atoms with Gasteiger partial charge in [0.1, 0.15) is 5.52 Å². The third kappa shape index (κ3) is 5.91. The largest absolute Gasteiger partial charge is 0.436 e. The van der Waals surface area contributed by atoms with Gasteiger partial charge in [-0.15, -0.1) is 0 Å². The number of carbonyl (C=O) groups is 2. The van der Waals surface area contributed by atoms with Gasteiger partial charge in [-0.2, -0.15) is 0 Å². The summed E-state index contributed by atoms with van der Waals surface area (Å²) >= 11 is 0. The van der Waals surface area contributed by atoms with Gasteiger partial charge >= 0.3 is 0 Å². The highest BCUT2D eigenvalue weighted by molar-refractivity contribution is 5.97. The first kappa shape index (κ1) is 24.8. The maximum Gasteiger partial charge on any atom is 0.253 e. The molecule has 3 aromatic carbocycles. The van der Waals surface area contributed by atoms with Crippen LogP contribution in [0.25, 0.3) is 22.6 Å². The summed E-state index contributed by atoms with van der Waals surface area (Å²) in [6.45, 7) is 4.01. The normalized spacial score (nSPS) is 15.0. The molecular weight excluding hydrogens is 462 g/mol. The van der Waals surface area contributed by atoms with Gasteiger partial charge in [0, 0.05) is 36.7 Å². The fourth-order valence-corrected chi connectivity index (χ4v) is 5.07. The van der Waals surface area contributed by atoms with E-state index in [-0.39, 0.29) is 23.7 Å². The van der Waals surface area contributed by atoms with Crippen molar-refractivity contribution in [2.45, 2.75) is 32.6 Å². The van der Waals surface area contributed by atoms with Gasteiger partial charge in [0.05, 0.1) is 0 Å². The second-order valence-electron chi connectivity index (χ2n) is 9.87. The lowest BCUT2D eigenvalue weighted by molar-refractivity contribution is -0.126. The van der Waals surface area contributed by atoms with Gasteiger partial charge < -0.3 is 14.6 Å². The van der Waals surface area contributed by atoms with Crippen molar-refractivity contribution in [3.8, 4) is 11.5 Å². The molecule has 6 nitrogen and oxygen atoms in total. The molecule has 1 fully saturated rings. The lowest BCUT2D eigenvalue weighted by Gasteiger charge is -2.34. The van der Waals surface area contributed by atoms with Gasteiger partial charge in [-0.3, -0.25) is 9.59 Å². The number of fused-ring (bicyclic) bond motifs is 1. The van der Waals surface area contributed by atoms with Crippen molar-refractivity contribution >= 4 is 22.9 Å². The van der Waals surface area contributed by atoms with E-state index in [1.165, 1.54) is 5.56 Å². The van der Waals surface area contributed by atoms with E-state index in [0.717, 1.165) is 31.2 Å². The number of amides is 2. The van der Waals surface area contributed by atoms with Gasteiger partial charge in [-0.1, -0.05) is 55.5 Å². The molecule has 1 aliphatic heterocycles. The molecule has 1 N–H and O–H groups in total. The highest BCUT2D eigenvalue weighted by Crippen LogP contribution is 2.28. The number of rotatable bonds is 8. The van der Waals surface area contributed by atoms with Crippen LogP contribution in [0, 0.1) is 11.8 Å². The summed E-state index contributed by atoms with van der Waals surface area (Å²) in [7, 11) is 0. The third-order valence-electron chi connectivity index (χ3n) is 7.39. The topological polar surface area (TPSA) is 75.4 Å². The first-order valence-electron chi connectivity index (χ1n) is 13.2. The number of piperidine rings is 1. The average molecular weight is 496 g/mol. The van der Waals surface area contributed by atoms with Gasteiger partial charge in [0.25, 0.3) is 5.91 Å². The smallest absolute Gasteiger partial charge is 0.253 e. The zero-order valence-corrected chi connectivity index (χ0v) is 21.2. The summed E-state index contributed by atoms with van der Waals surface area (Å²) in [5, 5.41) is 3.11. The standard InChI is InChI=1S/C31H33N3O3/c1-22(29(35)32-18-8-11-23-9-4-2-5-10-23)24-16-19-34(20-17-24)31(36)26-14-15-28-27(21-26)33-30(37-28)25-12-6-3-7-13-25/h2-7,9-10,12-15,21-22,24H,8,11,16-20H2,1H3,(H,32,35). The highest BCUT2D eigenvalue weighted by Gasteiger charge is 2.30. The molecule has 0 spiro atoms. The number of nitrogens with one attached hydrogen (secondary N) is 1. The molecule has 1 saturated heterocycles. The number of carbonyl (C=O) groups excluding carboxylic acids is 2. The number of oxazole rings is 1. The third-order valence-corrected chi connectivity index (χ3v) is 7.39. The Bertz CT molecular complexity index is 1340. The Hall–Kier alpha value is -3.93. The van der Waals surface area contributed by atoms with E-state index in [1.807, 2.05) is 78.6 Å². The van der Waals surface area contributed by atoms with Crippen molar-refractivity contribution in [3.05, 3.63) is 90.0 Å². The van der Waals surface area contributed by atoms with Gasteiger partial charge in [0.2, 0.25) is 11.8 Å². The molecule has 1 atom stereocenters. The molecule has 5 rings (SSSR count). The van der Waals surface area contributed by atoms with Crippen LogP contribution in [0.1, 0.15) is 42.1 Å². The Labute approximate surface area is 217 Å². The Morgan fingerprint density at radius 3 is 2.43 bits per heavy atom. The van der Waals surface area contributed by atoms with Gasteiger partial charge in [0.15, 0.2) is 5.58 Å². The van der Waals surface area contributed by atoms with Crippen LogP contribution < -0.4 is 5.32 Å². The van der Waals surface area contributed by atoms with Crippen LogP contribution in [0.15, 0.2) is 83.3 Å². The molecule has 190 valence electrons. The van der Waals surface area contributed by atoms with E-state index in [0.29, 0.717) is 42.2 Å². The summed E-state index contributed by atoms with van der Waals surface area (Å²) in [5.41, 5.74) is 4.15. The van der Waals surface area contributed by atoms with E-state index in [2.05, 4.69) is 22.4 Å². The maximum atomic E-state index is 13.2. The highest BCUT2D eigenvalue weighted by atomic mass is 16.3. The Morgan fingerprint density at radius 1 is 1.00 bits per heavy atom. The fourth-order valence-electron chi connectivity index (χ4n) is 5.07. The number of benzene rings is 3. The second-order valence-corrected chi connectivity index (χ2v) is 9.87. The summed E-state index contributed by atoms with van der Waals surface area (Å²) in [6, 6.07) is 25.5. The number of nitrogens with zero attached hydrogens (tertiary/aromatic N) is 2. The lowest BCUT2D eigenvalue weighted by Crippen LogP contribution is -2.42. The van der Waals surface area contributed by atoms with Crippen LogP contribution in [-0.2, 0) is 11.2 Å². The fraction of sp³-hybridized carbons (Fsp3) is 0.323. The molecule has 0 saturated carbocycles. The van der Waals surface area contributed by atoms with Gasteiger partial charge in [-0.05, 0) is 67.5 Å². The van der Waals surface area contributed by atoms with Crippen LogP contribution in [0.2, 0.25) is 0 Å². The van der Waals surface area contributed by atoms with Crippen molar-refractivity contribution < 1.29 is 14.0 Å². The lowest BCUT2D eigenvalue weighted by atomic mass is 9.84. The van der Waals surface area contributed by atoms with Crippen LogP contribution in [0.5, 0.6) is 0 Å². The summed E-state index contributed by atoms with van der Waals surface area (Å²) in [5.74, 6) is 0.890. The minimum atomic E-state index is -0.0585. The number of aromatic nitrogens is 1. The first-order chi connectivity index (χ1) is 18.1. The quantitative estimate of drug-likeness (QED) is 0.317. The van der Waals surface area contributed by atoms with E-state index >= 15 is 0 Å². The number of hydrogen-bond donors (Lipinski definition) is 1. The molecule has 1 unspecified atom stereocenters. The number of aryl methyl sites for hydroxylation is 1. The molecule has 2 heterocycles. The van der Waals surface area contributed by atoms with E-state index in [1.54, 1.807) is 0 Å². The van der Waals surface area contributed by atoms with Crippen molar-refractivity contribution in [2.24, 2.45) is 11.8 Å². The van der Waals surface area contributed by atoms with E-state index in [9.17, 15) is 9.59 Å². The van der Waals surface area contributed by atoms with Crippen molar-refractivity contribution in [2.75, 3.05) is 19.6 Å². The molecule has 37 heavy (non-hydrogen) atoms. The predicted octanol–water partition coefficient (Wildman–Crippen LogP) is 5.73. The Balaban J connectivity index is 1.12. The molecule has 1 aromatic heterocycles. The molecule has 4 aromatic rings. The zero-order chi connectivity index (χ0) is 25.6. The molecular formula is C31H33N3O3. The van der Waals surface area contributed by atoms with Crippen LogP contribution in [-0.4, -0.2) is 41.3 Å². The molecule has 0 aliphatic carbocycles. The van der Waals surface area contributed by atoms with Crippen LogP contribution in [0.4, 0.5) is 0 Å². The zero-order valence-electron chi connectivity index (χ0n) is 21.2. The average Bonchev–Trinajstić information content (AvgIpc) is 3.39. The van der Waals surface area contributed by atoms with Crippen LogP contribution in [0.3, 0.4) is 0 Å². The summed E-state index contributed by atoms with van der Waals surface area (Å²) in [4.78, 5) is 32.4. The molecule has 0 bridgehead atoms. The van der Waals surface area contributed by atoms with Crippen molar-refractivity contribution in [3.63, 3.8) is 0 Å². The summed E-state index contributed by atoms with van der Waals surface area (Å²) in [6.07, 6.45) is 3.55. The Kier molecular flexibility index (Phi) is 7.64. The van der Waals surface area contributed by atoms with Gasteiger partial charge in [-0.25, -0.2) is 4.98 Å². The molecule has 1 aliphatic rings. The molecule has 2 amide bonds. The Morgan fingerprint density at radius 2 is 1.70 bits per heavy atom. The second kappa shape index (κ2) is 11.4. The van der Waals surface area contributed by atoms with E-state index in [4.69, 9.17) is 4.42 Å². The number of hydrogen-bond acceptors (Lipinski definition) is 4. The van der Waals surface area contributed by atoms with Crippen molar-refractivity contribution in [1.29, 1.82) is 0 Å². The van der Waals surface area contributed by atoms with Crippen molar-refractivity contribution in [1.82, 2.24) is 15.2 Å². The monoisotopic (exact) mass is 495 g/mol. The minimum Gasteiger partial charge on any atom is -0.436 e. The SMILES string of the molecule is CC(C(=O)NCCCc1ccccc1)C1CCN(C(=O)c2ccc3oc(-c4ccccc4)nc3c2)CC1.